The van der Waals surface area contributed by atoms with Crippen molar-refractivity contribution in [1.82, 2.24) is 0 Å². The standard InChI is InChI=1S/C16H16BrClO2/c1-3-20-15-9-8-11(10-13(15)17)16(18)12-6-4-5-7-14(12)19-2/h4-10,16H,3H2,1-2H3. The quantitative estimate of drug-likeness (QED) is 0.688. The summed E-state index contributed by atoms with van der Waals surface area (Å²) in [6.07, 6.45) is 0. The highest BCUT2D eigenvalue weighted by Crippen LogP contribution is 2.37. The van der Waals surface area contributed by atoms with Crippen molar-refractivity contribution in [2.24, 2.45) is 0 Å². The van der Waals surface area contributed by atoms with Crippen molar-refractivity contribution in [3.8, 4) is 11.5 Å². The lowest BCUT2D eigenvalue weighted by atomic mass is 10.0. The van der Waals surface area contributed by atoms with Gasteiger partial charge >= 0.3 is 0 Å². The van der Waals surface area contributed by atoms with Crippen LogP contribution in [-0.4, -0.2) is 13.7 Å². The van der Waals surface area contributed by atoms with Gasteiger partial charge in [0.05, 0.1) is 23.6 Å². The van der Waals surface area contributed by atoms with Crippen LogP contribution in [0.1, 0.15) is 23.4 Å². The topological polar surface area (TPSA) is 18.5 Å². The molecule has 0 bridgehead atoms. The van der Waals surface area contributed by atoms with Crippen LogP contribution in [0.2, 0.25) is 0 Å². The number of hydrogen-bond donors (Lipinski definition) is 0. The highest BCUT2D eigenvalue weighted by Gasteiger charge is 2.16. The largest absolute Gasteiger partial charge is 0.496 e. The van der Waals surface area contributed by atoms with Crippen molar-refractivity contribution in [3.05, 3.63) is 58.1 Å². The minimum absolute atomic E-state index is 0.266. The van der Waals surface area contributed by atoms with Crippen molar-refractivity contribution in [2.45, 2.75) is 12.3 Å². The van der Waals surface area contributed by atoms with Crippen LogP contribution >= 0.6 is 27.5 Å². The zero-order chi connectivity index (χ0) is 14.5. The average Bonchev–Trinajstić information content (AvgIpc) is 2.48. The first kappa shape index (κ1) is 15.2. The number of rotatable bonds is 5. The van der Waals surface area contributed by atoms with Gasteiger partial charge in [-0.05, 0) is 46.6 Å². The lowest BCUT2D eigenvalue weighted by Gasteiger charge is -2.15. The Morgan fingerprint density at radius 2 is 1.90 bits per heavy atom. The first-order valence-corrected chi connectivity index (χ1v) is 7.59. The molecule has 2 aromatic rings. The Hall–Kier alpha value is -1.19. The van der Waals surface area contributed by atoms with Crippen molar-refractivity contribution < 1.29 is 9.47 Å². The van der Waals surface area contributed by atoms with Crippen LogP contribution < -0.4 is 9.47 Å². The van der Waals surface area contributed by atoms with Crippen molar-refractivity contribution in [3.63, 3.8) is 0 Å². The summed E-state index contributed by atoms with van der Waals surface area (Å²) in [6.45, 7) is 2.59. The predicted octanol–water partition coefficient (Wildman–Crippen LogP) is 5.18. The van der Waals surface area contributed by atoms with Gasteiger partial charge in [0.2, 0.25) is 0 Å². The molecule has 1 unspecified atom stereocenters. The third kappa shape index (κ3) is 3.28. The molecule has 4 heteroatoms. The maximum absolute atomic E-state index is 6.58. The molecule has 0 N–H and O–H groups in total. The zero-order valence-corrected chi connectivity index (χ0v) is 13.7. The van der Waals surface area contributed by atoms with Crippen LogP contribution in [0.4, 0.5) is 0 Å². The fraction of sp³-hybridized carbons (Fsp3) is 0.250. The van der Waals surface area contributed by atoms with Crippen molar-refractivity contribution in [2.75, 3.05) is 13.7 Å². The van der Waals surface area contributed by atoms with Crippen LogP contribution in [0.5, 0.6) is 11.5 Å². The molecule has 2 rings (SSSR count). The number of hydrogen-bond acceptors (Lipinski definition) is 2. The third-order valence-electron chi connectivity index (χ3n) is 2.96. The molecule has 20 heavy (non-hydrogen) atoms. The summed E-state index contributed by atoms with van der Waals surface area (Å²) in [6, 6.07) is 13.6. The average molecular weight is 356 g/mol. The van der Waals surface area contributed by atoms with Crippen LogP contribution in [-0.2, 0) is 0 Å². The summed E-state index contributed by atoms with van der Waals surface area (Å²) in [4.78, 5) is 0. The zero-order valence-electron chi connectivity index (χ0n) is 11.4. The maximum atomic E-state index is 6.58. The first-order valence-electron chi connectivity index (χ1n) is 6.36. The second kappa shape index (κ2) is 7.00. The molecule has 106 valence electrons. The highest BCUT2D eigenvalue weighted by atomic mass is 79.9. The third-order valence-corrected chi connectivity index (χ3v) is 4.07. The molecule has 0 aliphatic heterocycles. The fourth-order valence-corrected chi connectivity index (χ4v) is 2.83. The number of para-hydroxylation sites is 1. The molecular formula is C16H16BrClO2. The van der Waals surface area contributed by atoms with E-state index in [0.29, 0.717) is 6.61 Å². The van der Waals surface area contributed by atoms with Crippen LogP contribution in [0.3, 0.4) is 0 Å². The normalized spacial score (nSPS) is 12.0. The molecule has 2 nitrogen and oxygen atoms in total. The van der Waals surface area contributed by atoms with Gasteiger partial charge in [0.25, 0.3) is 0 Å². The van der Waals surface area contributed by atoms with E-state index < -0.39 is 0 Å². The second-order valence-electron chi connectivity index (χ2n) is 4.23. The Labute approximate surface area is 132 Å². The summed E-state index contributed by atoms with van der Waals surface area (Å²) in [5.74, 6) is 1.61. The molecule has 0 fully saturated rings. The van der Waals surface area contributed by atoms with Crippen LogP contribution in [0.15, 0.2) is 46.9 Å². The van der Waals surface area contributed by atoms with E-state index >= 15 is 0 Å². The molecule has 0 aromatic heterocycles. The van der Waals surface area contributed by atoms with Crippen LogP contribution in [0, 0.1) is 0 Å². The minimum Gasteiger partial charge on any atom is -0.496 e. The lowest BCUT2D eigenvalue weighted by molar-refractivity contribution is 0.338. The Morgan fingerprint density at radius 3 is 2.55 bits per heavy atom. The second-order valence-corrected chi connectivity index (χ2v) is 5.52. The number of alkyl halides is 1. The summed E-state index contributed by atoms with van der Waals surface area (Å²) in [7, 11) is 1.65. The summed E-state index contributed by atoms with van der Waals surface area (Å²) >= 11 is 10.1. The smallest absolute Gasteiger partial charge is 0.133 e. The Kier molecular flexibility index (Phi) is 5.32. The molecule has 0 radical (unpaired) electrons. The molecular weight excluding hydrogens is 340 g/mol. The van der Waals surface area contributed by atoms with Gasteiger partial charge in [-0.2, -0.15) is 0 Å². The van der Waals surface area contributed by atoms with E-state index in [1.807, 2.05) is 49.4 Å². The van der Waals surface area contributed by atoms with Gasteiger partial charge in [-0.25, -0.2) is 0 Å². The van der Waals surface area contributed by atoms with Crippen LogP contribution in [0.25, 0.3) is 0 Å². The van der Waals surface area contributed by atoms with Gasteiger partial charge in [-0.15, -0.1) is 11.6 Å². The monoisotopic (exact) mass is 354 g/mol. The van der Waals surface area contributed by atoms with E-state index in [1.54, 1.807) is 7.11 Å². The molecule has 0 aliphatic rings. The summed E-state index contributed by atoms with van der Waals surface area (Å²) in [5, 5.41) is -0.266. The highest BCUT2D eigenvalue weighted by molar-refractivity contribution is 9.10. The molecule has 1 atom stereocenters. The number of halogens is 2. The van der Waals surface area contributed by atoms with Gasteiger partial charge in [-0.3, -0.25) is 0 Å². The van der Waals surface area contributed by atoms with Gasteiger partial charge in [0.1, 0.15) is 11.5 Å². The van der Waals surface area contributed by atoms with E-state index in [9.17, 15) is 0 Å². The molecule has 0 spiro atoms. The fourth-order valence-electron chi connectivity index (χ4n) is 2.00. The number of methoxy groups -OCH3 is 1. The molecule has 0 aliphatic carbocycles. The predicted molar refractivity (Wildman–Crippen MR) is 86.0 cm³/mol. The van der Waals surface area contributed by atoms with E-state index in [1.165, 1.54) is 0 Å². The van der Waals surface area contributed by atoms with Crippen molar-refractivity contribution in [1.29, 1.82) is 0 Å². The van der Waals surface area contributed by atoms with Gasteiger partial charge in [-0.1, -0.05) is 24.3 Å². The molecule has 0 saturated carbocycles. The number of benzene rings is 2. The minimum atomic E-state index is -0.266. The Balaban J connectivity index is 2.33. The Morgan fingerprint density at radius 1 is 1.15 bits per heavy atom. The van der Waals surface area contributed by atoms with Gasteiger partial charge < -0.3 is 9.47 Å². The summed E-state index contributed by atoms with van der Waals surface area (Å²) < 4.78 is 11.8. The molecule has 0 amide bonds. The SMILES string of the molecule is CCOc1ccc(C(Cl)c2ccccc2OC)cc1Br. The first-order chi connectivity index (χ1) is 9.67. The van der Waals surface area contributed by atoms with E-state index in [4.69, 9.17) is 21.1 Å². The van der Waals surface area contributed by atoms with E-state index in [-0.39, 0.29) is 5.38 Å². The van der Waals surface area contributed by atoms with Gasteiger partial charge in [0.15, 0.2) is 0 Å². The summed E-state index contributed by atoms with van der Waals surface area (Å²) in [5.41, 5.74) is 1.94. The van der Waals surface area contributed by atoms with E-state index in [2.05, 4.69) is 15.9 Å². The number of ether oxygens (including phenoxy) is 2. The molecule has 2 aromatic carbocycles. The molecule has 0 saturated heterocycles. The molecule has 0 heterocycles. The Bertz CT molecular complexity index is 586. The van der Waals surface area contributed by atoms with Crippen molar-refractivity contribution >= 4 is 27.5 Å². The lowest BCUT2D eigenvalue weighted by Crippen LogP contribution is -1.98. The maximum Gasteiger partial charge on any atom is 0.133 e. The van der Waals surface area contributed by atoms with Gasteiger partial charge in [0, 0.05) is 5.56 Å². The van der Waals surface area contributed by atoms with E-state index in [0.717, 1.165) is 27.1 Å².